The van der Waals surface area contributed by atoms with E-state index < -0.39 is 75.6 Å². The quantitative estimate of drug-likeness (QED) is 0.130. The Morgan fingerprint density at radius 3 is 2.48 bits per heavy atom. The molecule has 4 aromatic rings. The largest absolute Gasteiger partial charge is 0.496 e. The normalized spacial score (nSPS) is 32.0. The standard InChI is InChI=1S/C51H57F2N5O7/c1-7-30-21-31-24-50(47(61)64-6,42-33(27-57(25-30)26-31)32-13-9-10-16-38(32)55-42)35-22-34-39(23-40(35)63-5)56(4)45-49(34)18-20-58-19-12-17-48(8-2,44(49)58)46(65-29(3)59)51(45,62)28-54-43(60)41-36(52)14-11-15-37(41)53/h9-17,21-23,31,44-46,55,62H,7-8,18-20,24-28H2,1-6H3,(H,54,60)/t31-,44-,45+,46+,48+,49+,50-,51-/m0/s1. The fraction of sp³-hybridized carbons (Fsp3) is 0.471. The molecular weight excluding hydrogens is 833 g/mol. The van der Waals surface area contributed by atoms with Crippen molar-refractivity contribution in [1.82, 2.24) is 20.1 Å². The average molecular weight is 890 g/mol. The third-order valence-electron chi connectivity index (χ3n) is 16.1. The second kappa shape index (κ2) is 15.5. The van der Waals surface area contributed by atoms with Gasteiger partial charge in [0.15, 0.2) is 0 Å². The molecule has 3 aromatic carbocycles. The number of ether oxygens (including phenoxy) is 3. The number of aliphatic hydroxyl groups is 1. The maximum atomic E-state index is 15.3. The lowest BCUT2D eigenvalue weighted by Crippen LogP contribution is -2.81. The molecule has 0 radical (unpaired) electrons. The van der Waals surface area contributed by atoms with Crippen LogP contribution >= 0.6 is 0 Å². The summed E-state index contributed by atoms with van der Waals surface area (Å²) in [5.74, 6) is -3.75. The fourth-order valence-electron chi connectivity index (χ4n) is 13.8. The Kier molecular flexibility index (Phi) is 10.3. The number of anilines is 1. The molecule has 342 valence electrons. The van der Waals surface area contributed by atoms with Crippen LogP contribution in [0.2, 0.25) is 0 Å². The zero-order valence-electron chi connectivity index (χ0n) is 37.8. The molecule has 65 heavy (non-hydrogen) atoms. The van der Waals surface area contributed by atoms with Crippen molar-refractivity contribution in [2.75, 3.05) is 58.9 Å². The van der Waals surface area contributed by atoms with E-state index in [1.807, 2.05) is 49.2 Å². The Morgan fingerprint density at radius 2 is 1.77 bits per heavy atom. The van der Waals surface area contributed by atoms with Crippen LogP contribution in [0.5, 0.6) is 5.75 Å². The molecule has 6 aliphatic rings. The zero-order chi connectivity index (χ0) is 45.8. The number of rotatable bonds is 9. The molecule has 10 rings (SSSR count). The summed E-state index contributed by atoms with van der Waals surface area (Å²) >= 11 is 0. The number of benzene rings is 3. The van der Waals surface area contributed by atoms with Gasteiger partial charge >= 0.3 is 11.9 Å². The van der Waals surface area contributed by atoms with Gasteiger partial charge in [-0.1, -0.05) is 61.9 Å². The van der Waals surface area contributed by atoms with E-state index in [1.165, 1.54) is 25.7 Å². The van der Waals surface area contributed by atoms with Gasteiger partial charge < -0.3 is 34.5 Å². The van der Waals surface area contributed by atoms with Gasteiger partial charge in [-0.3, -0.25) is 24.2 Å². The second-order valence-corrected chi connectivity index (χ2v) is 19.1. The molecule has 9 atom stereocenters. The van der Waals surface area contributed by atoms with Gasteiger partial charge in [0, 0.05) is 90.9 Å². The van der Waals surface area contributed by atoms with Crippen LogP contribution in [0.15, 0.2) is 78.4 Å². The molecule has 1 amide bonds. The number of esters is 2. The third kappa shape index (κ3) is 5.98. The maximum absolute atomic E-state index is 15.3. The van der Waals surface area contributed by atoms with Gasteiger partial charge in [-0.25, -0.2) is 8.78 Å². The molecule has 14 heteroatoms. The number of aromatic nitrogens is 1. The molecule has 1 saturated heterocycles. The number of H-pyrrole nitrogens is 1. The van der Waals surface area contributed by atoms with Crippen LogP contribution in [-0.2, 0) is 36.4 Å². The summed E-state index contributed by atoms with van der Waals surface area (Å²) in [4.78, 5) is 53.0. The predicted molar refractivity (Wildman–Crippen MR) is 241 cm³/mol. The summed E-state index contributed by atoms with van der Waals surface area (Å²) in [6.07, 6.45) is 7.49. The van der Waals surface area contributed by atoms with Crippen molar-refractivity contribution in [2.45, 2.75) is 87.6 Å². The fourth-order valence-corrected chi connectivity index (χ4v) is 13.8. The molecule has 1 unspecified atom stereocenters. The minimum Gasteiger partial charge on any atom is -0.496 e. The van der Waals surface area contributed by atoms with Gasteiger partial charge in [-0.05, 0) is 73.5 Å². The monoisotopic (exact) mass is 889 g/mol. The summed E-state index contributed by atoms with van der Waals surface area (Å²) in [6.45, 7) is 8.42. The number of fused-ring (bicyclic) bond motifs is 6. The minimum absolute atomic E-state index is 0.0192. The maximum Gasteiger partial charge on any atom is 0.322 e. The molecule has 1 spiro atoms. The number of likely N-dealkylation sites (N-methyl/N-ethyl adjacent to an activating group) is 1. The number of hydrogen-bond acceptors (Lipinski definition) is 10. The number of carbonyl (C=O) groups excluding carboxylic acids is 3. The van der Waals surface area contributed by atoms with E-state index in [1.54, 1.807) is 7.11 Å². The lowest BCUT2D eigenvalue weighted by molar-refractivity contribution is -0.216. The summed E-state index contributed by atoms with van der Waals surface area (Å²) in [5.41, 5.74) is 0.113. The number of aromatic amines is 1. The first-order valence-corrected chi connectivity index (χ1v) is 22.8. The first-order valence-electron chi connectivity index (χ1n) is 22.8. The van der Waals surface area contributed by atoms with Gasteiger partial charge in [0.25, 0.3) is 5.91 Å². The summed E-state index contributed by atoms with van der Waals surface area (Å²) in [6, 6.07) is 14.2. The van der Waals surface area contributed by atoms with Crippen LogP contribution in [0.1, 0.15) is 79.2 Å². The molecule has 3 N–H and O–H groups in total. The van der Waals surface area contributed by atoms with E-state index in [0.29, 0.717) is 50.2 Å². The number of para-hydroxylation sites is 1. The van der Waals surface area contributed by atoms with Crippen molar-refractivity contribution in [3.05, 3.63) is 118 Å². The van der Waals surface area contributed by atoms with E-state index in [9.17, 15) is 14.7 Å². The first kappa shape index (κ1) is 43.3. The number of amides is 1. The Balaban J connectivity index is 1.23. The highest BCUT2D eigenvalue weighted by Gasteiger charge is 2.78. The Bertz CT molecular complexity index is 2680. The zero-order valence-corrected chi connectivity index (χ0v) is 37.8. The number of hydrogen-bond donors (Lipinski definition) is 3. The lowest BCUT2D eigenvalue weighted by Gasteiger charge is -2.64. The molecular formula is C51H57F2N5O7. The minimum atomic E-state index is -2.05. The van der Waals surface area contributed by atoms with Crippen LogP contribution in [-0.4, -0.2) is 116 Å². The van der Waals surface area contributed by atoms with E-state index in [0.717, 1.165) is 65.1 Å². The third-order valence-corrected chi connectivity index (χ3v) is 16.1. The second-order valence-electron chi connectivity index (χ2n) is 19.1. The summed E-state index contributed by atoms with van der Waals surface area (Å²) in [7, 11) is 4.91. The van der Waals surface area contributed by atoms with Crippen molar-refractivity contribution >= 4 is 34.4 Å². The van der Waals surface area contributed by atoms with Gasteiger partial charge in [0.05, 0.1) is 26.8 Å². The SMILES string of the molecule is CCC1=C[C@@H]2CN(C1)Cc1c([nH]c3ccccc13)[C@@](C(=O)OC)(c1cc3c(cc1OC)N(C)[C@H]1[C@@](O)(CNC(=O)c4c(F)cccc4F)[C@H](OC(C)=O)[C@]4(CC)C=CCN5CC[C@]31[C@@H]54)C2. The molecule has 1 saturated carbocycles. The van der Waals surface area contributed by atoms with E-state index >= 15 is 13.6 Å². The molecule has 2 bridgehead atoms. The highest BCUT2D eigenvalue weighted by molar-refractivity contribution is 5.95. The van der Waals surface area contributed by atoms with Crippen LogP contribution in [0.3, 0.4) is 0 Å². The predicted octanol–water partition coefficient (Wildman–Crippen LogP) is 6.29. The van der Waals surface area contributed by atoms with Gasteiger partial charge in [-0.2, -0.15) is 0 Å². The van der Waals surface area contributed by atoms with Crippen molar-refractivity contribution in [3.8, 4) is 5.75 Å². The molecule has 12 nitrogen and oxygen atoms in total. The Morgan fingerprint density at radius 1 is 1.00 bits per heavy atom. The van der Waals surface area contributed by atoms with Gasteiger partial charge in [0.1, 0.15) is 40.1 Å². The highest BCUT2D eigenvalue weighted by Crippen LogP contribution is 2.68. The Hall–Kier alpha value is -5.57. The first-order chi connectivity index (χ1) is 31.2. The molecule has 1 aromatic heterocycles. The van der Waals surface area contributed by atoms with Gasteiger partial charge in [0.2, 0.25) is 0 Å². The van der Waals surface area contributed by atoms with E-state index in [-0.39, 0.29) is 12.0 Å². The van der Waals surface area contributed by atoms with Crippen molar-refractivity contribution in [1.29, 1.82) is 0 Å². The number of halogens is 2. The number of carbonyl (C=O) groups is 3. The van der Waals surface area contributed by atoms with Crippen molar-refractivity contribution < 1.29 is 42.5 Å². The molecule has 2 fully saturated rings. The molecule has 5 aliphatic heterocycles. The lowest BCUT2D eigenvalue weighted by atomic mass is 9.47. The van der Waals surface area contributed by atoms with Crippen LogP contribution in [0.4, 0.5) is 14.5 Å². The summed E-state index contributed by atoms with van der Waals surface area (Å²) in [5, 5.41) is 17.6. The van der Waals surface area contributed by atoms with Crippen molar-refractivity contribution in [3.63, 3.8) is 0 Å². The van der Waals surface area contributed by atoms with Crippen LogP contribution in [0.25, 0.3) is 10.9 Å². The number of nitrogens with zero attached hydrogens (tertiary/aromatic N) is 3. The van der Waals surface area contributed by atoms with Crippen LogP contribution in [0, 0.1) is 23.0 Å². The smallest absolute Gasteiger partial charge is 0.322 e. The van der Waals surface area contributed by atoms with E-state index in [2.05, 4.69) is 51.3 Å². The average Bonchev–Trinajstić information content (AvgIpc) is 3.95. The number of methoxy groups -OCH3 is 2. The number of nitrogens with one attached hydrogen (secondary N) is 2. The Labute approximate surface area is 377 Å². The molecule has 6 heterocycles. The highest BCUT2D eigenvalue weighted by atomic mass is 19.1. The van der Waals surface area contributed by atoms with Crippen LogP contribution < -0.4 is 15.0 Å². The van der Waals surface area contributed by atoms with Gasteiger partial charge in [-0.15, -0.1) is 0 Å². The van der Waals surface area contributed by atoms with Crippen molar-refractivity contribution in [2.24, 2.45) is 11.3 Å². The van der Waals surface area contributed by atoms with E-state index in [4.69, 9.17) is 14.2 Å². The topological polar surface area (TPSA) is 137 Å². The molecule has 1 aliphatic carbocycles. The summed E-state index contributed by atoms with van der Waals surface area (Å²) < 4.78 is 48.9.